The maximum atomic E-state index is 12.3. The maximum absolute atomic E-state index is 12.3. The molecule has 20 heavy (non-hydrogen) atoms. The van der Waals surface area contributed by atoms with Gasteiger partial charge in [0.25, 0.3) is 0 Å². The number of fused-ring (bicyclic) bond motifs is 2. The van der Waals surface area contributed by atoms with Crippen molar-refractivity contribution in [3.05, 3.63) is 0 Å². The SMILES string of the molecule is CN(CC(C)(C)O)C(=O)NC1C2CCOC2C12CCC2. The van der Waals surface area contributed by atoms with Crippen molar-refractivity contribution < 1.29 is 14.6 Å². The second-order valence-electron chi connectivity index (χ2n) is 7.43. The smallest absolute Gasteiger partial charge is 0.317 e. The summed E-state index contributed by atoms with van der Waals surface area (Å²) in [5.74, 6) is 0.495. The molecule has 2 aliphatic carbocycles. The van der Waals surface area contributed by atoms with Gasteiger partial charge in [-0.3, -0.25) is 0 Å². The van der Waals surface area contributed by atoms with Gasteiger partial charge in [-0.2, -0.15) is 0 Å². The molecule has 2 amide bonds. The summed E-state index contributed by atoms with van der Waals surface area (Å²) in [6.45, 7) is 4.61. The molecule has 3 atom stereocenters. The summed E-state index contributed by atoms with van der Waals surface area (Å²) >= 11 is 0. The summed E-state index contributed by atoms with van der Waals surface area (Å²) in [5, 5.41) is 13.0. The van der Waals surface area contributed by atoms with E-state index in [0.717, 1.165) is 13.0 Å². The Morgan fingerprint density at radius 1 is 1.50 bits per heavy atom. The number of likely N-dealkylation sites (N-methyl/N-ethyl adjacent to an activating group) is 1. The van der Waals surface area contributed by atoms with Crippen molar-refractivity contribution in [2.24, 2.45) is 11.3 Å². The molecule has 3 unspecified atom stereocenters. The van der Waals surface area contributed by atoms with Gasteiger partial charge >= 0.3 is 6.03 Å². The molecule has 1 aliphatic heterocycles. The topological polar surface area (TPSA) is 61.8 Å². The predicted octanol–water partition coefficient (Wildman–Crippen LogP) is 1.36. The number of carbonyl (C=O) groups excluding carboxylic acids is 1. The van der Waals surface area contributed by atoms with Crippen LogP contribution in [0.3, 0.4) is 0 Å². The summed E-state index contributed by atoms with van der Waals surface area (Å²) in [6.07, 6.45) is 5.04. The summed E-state index contributed by atoms with van der Waals surface area (Å²) in [7, 11) is 1.74. The lowest BCUT2D eigenvalue weighted by Crippen LogP contribution is -2.72. The van der Waals surface area contributed by atoms with Gasteiger partial charge in [-0.15, -0.1) is 0 Å². The quantitative estimate of drug-likeness (QED) is 0.821. The van der Waals surface area contributed by atoms with Crippen molar-refractivity contribution in [1.29, 1.82) is 0 Å². The lowest BCUT2D eigenvalue weighted by Gasteiger charge is -2.63. The minimum absolute atomic E-state index is 0.0752. The van der Waals surface area contributed by atoms with E-state index in [4.69, 9.17) is 4.74 Å². The highest BCUT2D eigenvalue weighted by Crippen LogP contribution is 2.62. The van der Waals surface area contributed by atoms with Crippen LogP contribution in [0.1, 0.15) is 39.5 Å². The summed E-state index contributed by atoms with van der Waals surface area (Å²) < 4.78 is 5.86. The molecule has 5 nitrogen and oxygen atoms in total. The highest BCUT2D eigenvalue weighted by Gasteiger charge is 2.67. The van der Waals surface area contributed by atoms with E-state index in [1.54, 1.807) is 25.8 Å². The van der Waals surface area contributed by atoms with Crippen LogP contribution < -0.4 is 5.32 Å². The molecule has 3 rings (SSSR count). The van der Waals surface area contributed by atoms with Crippen LogP contribution in [-0.4, -0.2) is 54.0 Å². The number of amides is 2. The van der Waals surface area contributed by atoms with E-state index in [2.05, 4.69) is 5.32 Å². The van der Waals surface area contributed by atoms with Gasteiger partial charge in [-0.25, -0.2) is 4.79 Å². The van der Waals surface area contributed by atoms with Gasteiger partial charge in [0, 0.05) is 31.0 Å². The largest absolute Gasteiger partial charge is 0.389 e. The molecule has 1 heterocycles. The lowest BCUT2D eigenvalue weighted by atomic mass is 9.46. The molecule has 3 fully saturated rings. The van der Waals surface area contributed by atoms with Crippen LogP contribution in [0.4, 0.5) is 4.79 Å². The van der Waals surface area contributed by atoms with E-state index in [1.165, 1.54) is 19.3 Å². The molecule has 2 N–H and O–H groups in total. The van der Waals surface area contributed by atoms with E-state index < -0.39 is 5.60 Å². The molecule has 0 bridgehead atoms. The van der Waals surface area contributed by atoms with Crippen LogP contribution >= 0.6 is 0 Å². The maximum Gasteiger partial charge on any atom is 0.317 e. The molecular weight excluding hydrogens is 256 g/mol. The molecule has 1 saturated heterocycles. The van der Waals surface area contributed by atoms with Crippen LogP contribution in [0.25, 0.3) is 0 Å². The van der Waals surface area contributed by atoms with Crippen molar-refractivity contribution >= 4 is 6.03 Å². The molecule has 0 aromatic heterocycles. The average Bonchev–Trinajstić information content (AvgIpc) is 2.66. The van der Waals surface area contributed by atoms with E-state index in [0.29, 0.717) is 18.6 Å². The predicted molar refractivity (Wildman–Crippen MR) is 75.4 cm³/mol. The number of nitrogens with one attached hydrogen (secondary N) is 1. The zero-order chi connectivity index (χ0) is 14.5. The summed E-state index contributed by atoms with van der Waals surface area (Å²) in [6, 6.07) is 0.189. The Morgan fingerprint density at radius 3 is 2.75 bits per heavy atom. The first-order valence-corrected chi connectivity index (χ1v) is 7.69. The van der Waals surface area contributed by atoms with Crippen LogP contribution in [0.15, 0.2) is 0 Å². The van der Waals surface area contributed by atoms with Gasteiger partial charge in [-0.05, 0) is 33.1 Å². The first-order chi connectivity index (χ1) is 9.33. The first-order valence-electron chi connectivity index (χ1n) is 7.69. The molecule has 114 valence electrons. The number of aliphatic hydroxyl groups is 1. The third-order valence-electron chi connectivity index (χ3n) is 5.29. The van der Waals surface area contributed by atoms with Crippen molar-refractivity contribution in [2.45, 2.75) is 57.3 Å². The number of carbonyl (C=O) groups is 1. The Hall–Kier alpha value is -0.810. The molecular formula is C15H26N2O3. The van der Waals surface area contributed by atoms with Gasteiger partial charge in [-0.1, -0.05) is 6.42 Å². The third-order valence-corrected chi connectivity index (χ3v) is 5.29. The number of rotatable bonds is 3. The molecule has 5 heteroatoms. The van der Waals surface area contributed by atoms with E-state index >= 15 is 0 Å². The molecule has 0 aromatic rings. The Morgan fingerprint density at radius 2 is 2.20 bits per heavy atom. The number of ether oxygens (including phenoxy) is 1. The fourth-order valence-electron chi connectivity index (χ4n) is 4.35. The number of nitrogens with zero attached hydrogens (tertiary/aromatic N) is 1. The highest BCUT2D eigenvalue weighted by atomic mass is 16.5. The molecule has 0 radical (unpaired) electrons. The van der Waals surface area contributed by atoms with Crippen molar-refractivity contribution in [1.82, 2.24) is 10.2 Å². The molecule has 2 saturated carbocycles. The second kappa shape index (κ2) is 4.60. The van der Waals surface area contributed by atoms with Gasteiger partial charge in [0.05, 0.1) is 18.2 Å². The van der Waals surface area contributed by atoms with Gasteiger partial charge in [0.15, 0.2) is 0 Å². The Labute approximate surface area is 120 Å². The fourth-order valence-corrected chi connectivity index (χ4v) is 4.35. The van der Waals surface area contributed by atoms with Gasteiger partial charge in [0.2, 0.25) is 0 Å². The Bertz CT molecular complexity index is 400. The molecule has 3 aliphatic rings. The zero-order valence-corrected chi connectivity index (χ0v) is 12.7. The first kappa shape index (κ1) is 14.1. The fraction of sp³-hybridized carbons (Fsp3) is 0.933. The number of urea groups is 1. The lowest BCUT2D eigenvalue weighted by molar-refractivity contribution is -0.172. The van der Waals surface area contributed by atoms with Crippen LogP contribution in [0.5, 0.6) is 0 Å². The minimum Gasteiger partial charge on any atom is -0.389 e. The number of hydrogen-bond acceptors (Lipinski definition) is 3. The monoisotopic (exact) mass is 282 g/mol. The van der Waals surface area contributed by atoms with E-state index in [-0.39, 0.29) is 17.5 Å². The van der Waals surface area contributed by atoms with Crippen molar-refractivity contribution in [3.63, 3.8) is 0 Å². The van der Waals surface area contributed by atoms with Crippen LogP contribution in [-0.2, 0) is 4.74 Å². The summed E-state index contributed by atoms with van der Waals surface area (Å²) in [5.41, 5.74) is -0.648. The Balaban J connectivity index is 1.61. The highest BCUT2D eigenvalue weighted by molar-refractivity contribution is 5.74. The number of hydrogen-bond donors (Lipinski definition) is 2. The Kier molecular flexibility index (Phi) is 3.25. The molecule has 1 spiro atoms. The van der Waals surface area contributed by atoms with Gasteiger partial charge < -0.3 is 20.1 Å². The standard InChI is InChI=1S/C15H26N2O3/c1-14(2,19)9-17(3)13(18)16-11-10-5-8-20-12(10)15(11)6-4-7-15/h10-12,19H,4-9H2,1-3H3,(H,16,18). The van der Waals surface area contributed by atoms with E-state index in [9.17, 15) is 9.90 Å². The molecule has 0 aromatic carbocycles. The van der Waals surface area contributed by atoms with E-state index in [1.807, 2.05) is 0 Å². The minimum atomic E-state index is -0.862. The van der Waals surface area contributed by atoms with Gasteiger partial charge in [0.1, 0.15) is 0 Å². The normalized spacial score (nSPS) is 34.1. The van der Waals surface area contributed by atoms with Crippen LogP contribution in [0.2, 0.25) is 0 Å². The van der Waals surface area contributed by atoms with Crippen LogP contribution in [0, 0.1) is 11.3 Å². The second-order valence-corrected chi connectivity index (χ2v) is 7.43. The third kappa shape index (κ3) is 2.11. The zero-order valence-electron chi connectivity index (χ0n) is 12.7. The average molecular weight is 282 g/mol. The summed E-state index contributed by atoms with van der Waals surface area (Å²) in [4.78, 5) is 13.9. The van der Waals surface area contributed by atoms with Crippen molar-refractivity contribution in [3.8, 4) is 0 Å². The van der Waals surface area contributed by atoms with Crippen molar-refractivity contribution in [2.75, 3.05) is 20.2 Å².